The van der Waals surface area contributed by atoms with Gasteiger partial charge in [-0.25, -0.2) is 0 Å². The number of esters is 1. The van der Waals surface area contributed by atoms with E-state index in [1.807, 2.05) is 25.2 Å². The molecule has 0 aliphatic carbocycles. The Bertz CT molecular complexity index is 656. The second-order valence-electron chi connectivity index (χ2n) is 6.92. The lowest BCUT2D eigenvalue weighted by atomic mass is 9.97. The summed E-state index contributed by atoms with van der Waals surface area (Å²) in [5.41, 5.74) is 4.35. The average Bonchev–Trinajstić information content (AvgIpc) is 2.65. The molecule has 27 heavy (non-hydrogen) atoms. The molecule has 0 aliphatic heterocycles. The first-order chi connectivity index (χ1) is 12.6. The van der Waals surface area contributed by atoms with Crippen LogP contribution >= 0.6 is 0 Å². The van der Waals surface area contributed by atoms with Crippen molar-refractivity contribution in [2.45, 2.75) is 47.5 Å². The van der Waals surface area contributed by atoms with Crippen molar-refractivity contribution in [1.82, 2.24) is 0 Å². The molecule has 0 aliphatic rings. The second kappa shape index (κ2) is 12.9. The smallest absolute Gasteiger partial charge is 0.302 e. The van der Waals surface area contributed by atoms with Crippen molar-refractivity contribution in [2.24, 2.45) is 11.8 Å². The van der Waals surface area contributed by atoms with Crippen molar-refractivity contribution in [3.05, 3.63) is 84.6 Å². The van der Waals surface area contributed by atoms with Crippen LogP contribution in [0.2, 0.25) is 0 Å². The van der Waals surface area contributed by atoms with Gasteiger partial charge in [0.1, 0.15) is 6.61 Å². The summed E-state index contributed by atoms with van der Waals surface area (Å²) < 4.78 is 5.11. The van der Waals surface area contributed by atoms with E-state index in [9.17, 15) is 4.79 Å². The van der Waals surface area contributed by atoms with Gasteiger partial charge in [-0.2, -0.15) is 0 Å². The third kappa shape index (κ3) is 10.4. The third-order valence-corrected chi connectivity index (χ3v) is 4.53. The van der Waals surface area contributed by atoms with Crippen LogP contribution in [0.3, 0.4) is 0 Å². The van der Waals surface area contributed by atoms with Crippen molar-refractivity contribution in [3.8, 4) is 0 Å². The first-order valence-corrected chi connectivity index (χ1v) is 9.57. The fraction of sp³-hybridized carbons (Fsp3) is 0.400. The maximum Gasteiger partial charge on any atom is 0.302 e. The molecule has 0 heterocycles. The molecule has 0 aromatic rings. The molecule has 0 bridgehead atoms. The fourth-order valence-corrected chi connectivity index (χ4v) is 2.04. The zero-order valence-electron chi connectivity index (χ0n) is 17.8. The standard InChI is InChI=1S/C25H36O2/c1-10-18(3)12-13-20(5)21(6)14-15-22(7)23(8)16-25(19(4)11-2)17-27-24(9)26/h12-16,18,20H,4,6-8,10-11,17H2,1-3,5,9H3/b13-12-,15-14-,25-16-. The Kier molecular flexibility index (Phi) is 11.8. The summed E-state index contributed by atoms with van der Waals surface area (Å²) in [4.78, 5) is 11.1. The lowest BCUT2D eigenvalue weighted by Gasteiger charge is -2.11. The van der Waals surface area contributed by atoms with Crippen LogP contribution in [0.5, 0.6) is 0 Å². The zero-order chi connectivity index (χ0) is 21.0. The van der Waals surface area contributed by atoms with E-state index in [0.29, 0.717) is 5.92 Å². The Hall–Kier alpha value is -2.35. The minimum Gasteiger partial charge on any atom is -0.461 e. The molecular weight excluding hydrogens is 332 g/mol. The first kappa shape index (κ1) is 24.7. The van der Waals surface area contributed by atoms with Gasteiger partial charge in [-0.05, 0) is 52.2 Å². The highest BCUT2D eigenvalue weighted by atomic mass is 16.5. The molecule has 2 heteroatoms. The van der Waals surface area contributed by atoms with Crippen molar-refractivity contribution < 1.29 is 9.53 Å². The summed E-state index contributed by atoms with van der Waals surface area (Å²) in [6.07, 6.45) is 12.1. The lowest BCUT2D eigenvalue weighted by Crippen LogP contribution is -2.05. The molecule has 0 amide bonds. The lowest BCUT2D eigenvalue weighted by molar-refractivity contribution is -0.139. The molecule has 0 aromatic carbocycles. The van der Waals surface area contributed by atoms with Crippen LogP contribution in [0.25, 0.3) is 0 Å². The fourth-order valence-electron chi connectivity index (χ4n) is 2.04. The van der Waals surface area contributed by atoms with Crippen LogP contribution in [-0.2, 0) is 9.53 Å². The largest absolute Gasteiger partial charge is 0.461 e. The van der Waals surface area contributed by atoms with Gasteiger partial charge in [0.05, 0.1) is 0 Å². The quantitative estimate of drug-likeness (QED) is 0.213. The van der Waals surface area contributed by atoms with E-state index in [4.69, 9.17) is 4.74 Å². The van der Waals surface area contributed by atoms with Crippen molar-refractivity contribution in [2.75, 3.05) is 6.61 Å². The molecule has 0 aromatic heterocycles. The molecule has 0 rings (SSSR count). The number of allylic oxidation sites excluding steroid dienone is 8. The van der Waals surface area contributed by atoms with Gasteiger partial charge >= 0.3 is 5.97 Å². The van der Waals surface area contributed by atoms with E-state index in [1.54, 1.807) is 0 Å². The van der Waals surface area contributed by atoms with Gasteiger partial charge < -0.3 is 4.74 Å². The molecular formula is C25H36O2. The molecule has 2 unspecified atom stereocenters. The second-order valence-corrected chi connectivity index (χ2v) is 6.92. The van der Waals surface area contributed by atoms with Gasteiger partial charge in [-0.3, -0.25) is 4.79 Å². The molecule has 0 saturated carbocycles. The van der Waals surface area contributed by atoms with Gasteiger partial charge in [0.15, 0.2) is 0 Å². The highest BCUT2D eigenvalue weighted by Crippen LogP contribution is 2.20. The number of rotatable bonds is 12. The monoisotopic (exact) mass is 368 g/mol. The molecule has 2 nitrogen and oxygen atoms in total. The molecule has 0 fully saturated rings. The Morgan fingerprint density at radius 2 is 1.63 bits per heavy atom. The minimum atomic E-state index is -0.315. The van der Waals surface area contributed by atoms with Crippen LogP contribution in [0.4, 0.5) is 0 Å². The summed E-state index contributed by atoms with van der Waals surface area (Å²) in [7, 11) is 0. The Balaban J connectivity index is 5.04. The van der Waals surface area contributed by atoms with Crippen LogP contribution in [0.15, 0.2) is 84.6 Å². The number of hydrogen-bond donors (Lipinski definition) is 0. The summed E-state index contributed by atoms with van der Waals surface area (Å²) >= 11 is 0. The summed E-state index contributed by atoms with van der Waals surface area (Å²) in [6.45, 7) is 26.5. The summed E-state index contributed by atoms with van der Waals surface area (Å²) in [5, 5.41) is 0. The number of carbonyl (C=O) groups is 1. The highest BCUT2D eigenvalue weighted by Gasteiger charge is 2.06. The van der Waals surface area contributed by atoms with Gasteiger partial charge in [0, 0.05) is 6.92 Å². The maximum absolute atomic E-state index is 11.1. The van der Waals surface area contributed by atoms with Crippen LogP contribution in [0, 0.1) is 11.8 Å². The molecule has 0 spiro atoms. The van der Waals surface area contributed by atoms with Gasteiger partial charge in [-0.1, -0.05) is 84.7 Å². The zero-order valence-corrected chi connectivity index (χ0v) is 17.8. The van der Waals surface area contributed by atoms with E-state index >= 15 is 0 Å². The van der Waals surface area contributed by atoms with Crippen LogP contribution < -0.4 is 0 Å². The van der Waals surface area contributed by atoms with Crippen molar-refractivity contribution >= 4 is 5.97 Å². The molecule has 0 N–H and O–H groups in total. The van der Waals surface area contributed by atoms with E-state index in [0.717, 1.165) is 40.7 Å². The minimum absolute atomic E-state index is 0.197. The topological polar surface area (TPSA) is 26.3 Å². The average molecular weight is 369 g/mol. The molecule has 2 atom stereocenters. The highest BCUT2D eigenvalue weighted by molar-refractivity contribution is 5.66. The molecule has 0 radical (unpaired) electrons. The van der Waals surface area contributed by atoms with Gasteiger partial charge in [0.25, 0.3) is 0 Å². The van der Waals surface area contributed by atoms with Crippen molar-refractivity contribution in [1.29, 1.82) is 0 Å². The summed E-state index contributed by atoms with van der Waals surface area (Å²) in [6, 6.07) is 0. The Morgan fingerprint density at radius 3 is 2.15 bits per heavy atom. The van der Waals surface area contributed by atoms with E-state index in [2.05, 4.69) is 59.2 Å². The summed E-state index contributed by atoms with van der Waals surface area (Å²) in [5.74, 6) is 0.530. The molecule has 148 valence electrons. The van der Waals surface area contributed by atoms with Gasteiger partial charge in [0.2, 0.25) is 0 Å². The molecule has 0 saturated heterocycles. The number of carbonyl (C=O) groups excluding carboxylic acids is 1. The van der Waals surface area contributed by atoms with E-state index in [1.165, 1.54) is 6.92 Å². The maximum atomic E-state index is 11.1. The number of ether oxygens (including phenoxy) is 1. The predicted molar refractivity (Wildman–Crippen MR) is 118 cm³/mol. The predicted octanol–water partition coefficient (Wildman–Crippen LogP) is 6.91. The normalized spacial score (nSPS) is 14.2. The SMILES string of the molecule is C=C(/C=C\C(=C)C(C)/C=C\C(C)CC)C(=C)/C=C(/COC(C)=O)C(=C)CC. The number of hydrogen-bond acceptors (Lipinski definition) is 2. The Morgan fingerprint density at radius 1 is 1.00 bits per heavy atom. The van der Waals surface area contributed by atoms with E-state index < -0.39 is 0 Å². The van der Waals surface area contributed by atoms with Crippen molar-refractivity contribution in [3.63, 3.8) is 0 Å². The van der Waals surface area contributed by atoms with E-state index in [-0.39, 0.29) is 18.5 Å². The first-order valence-electron chi connectivity index (χ1n) is 9.57. The van der Waals surface area contributed by atoms with Gasteiger partial charge in [-0.15, -0.1) is 0 Å². The van der Waals surface area contributed by atoms with Crippen LogP contribution in [-0.4, -0.2) is 12.6 Å². The third-order valence-electron chi connectivity index (χ3n) is 4.53. The van der Waals surface area contributed by atoms with Crippen LogP contribution in [0.1, 0.15) is 47.5 Å². The Labute approximate surface area is 166 Å².